The topological polar surface area (TPSA) is 92.2 Å². The van der Waals surface area contributed by atoms with Crippen molar-refractivity contribution in [2.45, 2.75) is 12.6 Å². The number of pyridine rings is 1. The fourth-order valence-electron chi connectivity index (χ4n) is 1.98. The molecule has 1 saturated heterocycles. The monoisotopic (exact) mass is 246 g/mol. The Morgan fingerprint density at radius 2 is 2.56 bits per heavy atom. The molecule has 94 valence electrons. The van der Waals surface area contributed by atoms with Gasteiger partial charge in [-0.3, -0.25) is 9.69 Å². The first-order chi connectivity index (χ1) is 8.72. The standard InChI is InChI=1S/C12H14N4O2/c13-6-10-9(2-1-3-15-10)7-16-4-5-18-8-11(16)12(14)17/h1-3,11H,4-5,7-8H2,(H2,14,17). The molecule has 6 heteroatoms. The minimum Gasteiger partial charge on any atom is -0.378 e. The molecule has 0 saturated carbocycles. The van der Waals surface area contributed by atoms with E-state index in [1.54, 1.807) is 12.3 Å². The highest BCUT2D eigenvalue weighted by molar-refractivity contribution is 5.80. The lowest BCUT2D eigenvalue weighted by Gasteiger charge is -2.33. The Morgan fingerprint density at radius 1 is 1.72 bits per heavy atom. The normalized spacial score (nSPS) is 20.3. The number of primary amides is 1. The number of hydrogen-bond donors (Lipinski definition) is 1. The SMILES string of the molecule is N#Cc1ncccc1CN1CCOCC1C(N)=O. The maximum Gasteiger partial charge on any atom is 0.237 e. The minimum atomic E-state index is -0.439. The molecule has 1 atom stereocenters. The van der Waals surface area contributed by atoms with Crippen LogP contribution in [0.1, 0.15) is 11.3 Å². The Labute approximate surface area is 105 Å². The van der Waals surface area contributed by atoms with Crippen molar-refractivity contribution in [2.24, 2.45) is 5.73 Å². The zero-order chi connectivity index (χ0) is 13.0. The second-order valence-electron chi connectivity index (χ2n) is 4.09. The molecule has 0 bridgehead atoms. The van der Waals surface area contributed by atoms with E-state index in [2.05, 4.69) is 4.98 Å². The number of nitriles is 1. The van der Waals surface area contributed by atoms with Crippen LogP contribution in [0.2, 0.25) is 0 Å². The number of amides is 1. The van der Waals surface area contributed by atoms with Crippen LogP contribution in [-0.2, 0) is 16.1 Å². The lowest BCUT2D eigenvalue weighted by atomic mass is 10.1. The van der Waals surface area contributed by atoms with Crippen molar-refractivity contribution in [3.8, 4) is 6.07 Å². The molecule has 6 nitrogen and oxygen atoms in total. The molecule has 1 amide bonds. The van der Waals surface area contributed by atoms with Crippen molar-refractivity contribution in [2.75, 3.05) is 19.8 Å². The Bertz CT molecular complexity index is 483. The Balaban J connectivity index is 2.16. The molecule has 1 aromatic heterocycles. The fourth-order valence-corrected chi connectivity index (χ4v) is 1.98. The minimum absolute atomic E-state index is 0.303. The summed E-state index contributed by atoms with van der Waals surface area (Å²) in [5, 5.41) is 8.98. The molecule has 0 aliphatic carbocycles. The van der Waals surface area contributed by atoms with Crippen LogP contribution in [0.3, 0.4) is 0 Å². The number of nitrogens with zero attached hydrogens (tertiary/aromatic N) is 3. The third-order valence-electron chi connectivity index (χ3n) is 2.94. The average molecular weight is 246 g/mol. The molecule has 2 rings (SSSR count). The van der Waals surface area contributed by atoms with Crippen molar-refractivity contribution >= 4 is 5.91 Å². The van der Waals surface area contributed by atoms with Crippen LogP contribution in [0.15, 0.2) is 18.3 Å². The largest absolute Gasteiger partial charge is 0.378 e. The molecule has 1 fully saturated rings. The van der Waals surface area contributed by atoms with Gasteiger partial charge in [-0.25, -0.2) is 4.98 Å². The average Bonchev–Trinajstić information content (AvgIpc) is 2.40. The first kappa shape index (κ1) is 12.5. The molecule has 1 aromatic rings. The zero-order valence-corrected chi connectivity index (χ0v) is 9.87. The molecule has 0 aromatic carbocycles. The van der Waals surface area contributed by atoms with Gasteiger partial charge in [0.05, 0.1) is 13.2 Å². The van der Waals surface area contributed by atoms with Gasteiger partial charge < -0.3 is 10.5 Å². The van der Waals surface area contributed by atoms with Crippen LogP contribution >= 0.6 is 0 Å². The van der Waals surface area contributed by atoms with Gasteiger partial charge in [-0.2, -0.15) is 5.26 Å². The number of carbonyl (C=O) groups is 1. The molecular weight excluding hydrogens is 232 g/mol. The summed E-state index contributed by atoms with van der Waals surface area (Å²) < 4.78 is 5.24. The van der Waals surface area contributed by atoms with E-state index < -0.39 is 11.9 Å². The summed E-state index contributed by atoms with van der Waals surface area (Å²) >= 11 is 0. The van der Waals surface area contributed by atoms with Gasteiger partial charge in [-0.05, 0) is 6.07 Å². The van der Waals surface area contributed by atoms with E-state index in [4.69, 9.17) is 15.7 Å². The van der Waals surface area contributed by atoms with Gasteiger partial charge in [0, 0.05) is 24.8 Å². The summed E-state index contributed by atoms with van der Waals surface area (Å²) in [6.07, 6.45) is 1.58. The Morgan fingerprint density at radius 3 is 3.28 bits per heavy atom. The number of ether oxygens (including phenoxy) is 1. The molecule has 18 heavy (non-hydrogen) atoms. The van der Waals surface area contributed by atoms with E-state index in [0.717, 1.165) is 5.56 Å². The van der Waals surface area contributed by atoms with Gasteiger partial charge in [0.25, 0.3) is 0 Å². The van der Waals surface area contributed by atoms with Crippen molar-refractivity contribution in [1.29, 1.82) is 5.26 Å². The predicted molar refractivity (Wildman–Crippen MR) is 63.2 cm³/mol. The maximum absolute atomic E-state index is 11.3. The highest BCUT2D eigenvalue weighted by Gasteiger charge is 2.28. The smallest absolute Gasteiger partial charge is 0.237 e. The van der Waals surface area contributed by atoms with Crippen LogP contribution in [0.4, 0.5) is 0 Å². The van der Waals surface area contributed by atoms with Gasteiger partial charge in [0.2, 0.25) is 5.91 Å². The second kappa shape index (κ2) is 5.58. The first-order valence-corrected chi connectivity index (χ1v) is 5.67. The van der Waals surface area contributed by atoms with E-state index in [-0.39, 0.29) is 0 Å². The van der Waals surface area contributed by atoms with E-state index in [0.29, 0.717) is 32.0 Å². The summed E-state index contributed by atoms with van der Waals surface area (Å²) in [6.45, 7) is 1.96. The summed E-state index contributed by atoms with van der Waals surface area (Å²) in [5.41, 5.74) is 6.52. The Hall–Kier alpha value is -1.97. The number of carbonyl (C=O) groups excluding carboxylic acids is 1. The summed E-state index contributed by atoms with van der Waals surface area (Å²) in [4.78, 5) is 17.2. The first-order valence-electron chi connectivity index (χ1n) is 5.67. The molecule has 0 spiro atoms. The second-order valence-corrected chi connectivity index (χ2v) is 4.09. The third-order valence-corrected chi connectivity index (χ3v) is 2.94. The lowest BCUT2D eigenvalue weighted by molar-refractivity contribution is -0.129. The van der Waals surface area contributed by atoms with E-state index in [9.17, 15) is 4.79 Å². The predicted octanol–water partition coefficient (Wildman–Crippen LogP) is -0.361. The van der Waals surface area contributed by atoms with Crippen molar-refractivity contribution in [1.82, 2.24) is 9.88 Å². The number of nitrogens with two attached hydrogens (primary N) is 1. The summed E-state index contributed by atoms with van der Waals surface area (Å²) in [5.74, 6) is -0.405. The van der Waals surface area contributed by atoms with Gasteiger partial charge in [0.15, 0.2) is 0 Å². The molecule has 2 heterocycles. The van der Waals surface area contributed by atoms with Gasteiger partial charge in [0.1, 0.15) is 17.8 Å². The van der Waals surface area contributed by atoms with Crippen LogP contribution in [-0.4, -0.2) is 41.6 Å². The highest BCUT2D eigenvalue weighted by Crippen LogP contribution is 2.13. The highest BCUT2D eigenvalue weighted by atomic mass is 16.5. The van der Waals surface area contributed by atoms with Gasteiger partial charge in [-0.15, -0.1) is 0 Å². The molecule has 1 aliphatic rings. The van der Waals surface area contributed by atoms with Gasteiger partial charge in [-0.1, -0.05) is 6.07 Å². The maximum atomic E-state index is 11.3. The van der Waals surface area contributed by atoms with Crippen molar-refractivity contribution < 1.29 is 9.53 Å². The number of hydrogen-bond acceptors (Lipinski definition) is 5. The number of morpholine rings is 1. The van der Waals surface area contributed by atoms with Crippen LogP contribution in [0, 0.1) is 11.3 Å². The van der Waals surface area contributed by atoms with Crippen molar-refractivity contribution in [3.05, 3.63) is 29.6 Å². The summed E-state index contributed by atoms with van der Waals surface area (Å²) in [6, 6.07) is 5.21. The van der Waals surface area contributed by atoms with Crippen LogP contribution in [0.5, 0.6) is 0 Å². The molecular formula is C12H14N4O2. The molecule has 2 N–H and O–H groups in total. The van der Waals surface area contributed by atoms with Gasteiger partial charge >= 0.3 is 0 Å². The van der Waals surface area contributed by atoms with Crippen molar-refractivity contribution in [3.63, 3.8) is 0 Å². The van der Waals surface area contributed by atoms with E-state index in [1.807, 2.05) is 17.0 Å². The van der Waals surface area contributed by atoms with Crippen LogP contribution < -0.4 is 5.73 Å². The third kappa shape index (κ3) is 2.64. The van der Waals surface area contributed by atoms with E-state index >= 15 is 0 Å². The number of aromatic nitrogens is 1. The number of rotatable bonds is 3. The quantitative estimate of drug-likeness (QED) is 0.786. The zero-order valence-electron chi connectivity index (χ0n) is 9.87. The molecule has 0 radical (unpaired) electrons. The molecule has 1 unspecified atom stereocenters. The lowest BCUT2D eigenvalue weighted by Crippen LogP contribution is -2.51. The fraction of sp³-hybridized carbons (Fsp3) is 0.417. The van der Waals surface area contributed by atoms with E-state index in [1.165, 1.54) is 0 Å². The molecule has 1 aliphatic heterocycles. The summed E-state index contributed by atoms with van der Waals surface area (Å²) in [7, 11) is 0. The Kier molecular flexibility index (Phi) is 3.87. The van der Waals surface area contributed by atoms with Crippen LogP contribution in [0.25, 0.3) is 0 Å².